The first-order chi connectivity index (χ1) is 7.15. The topological polar surface area (TPSA) is 29.6 Å². The van der Waals surface area contributed by atoms with Crippen LogP contribution in [0.25, 0.3) is 0 Å². The minimum atomic E-state index is -0.465. The van der Waals surface area contributed by atoms with Crippen LogP contribution < -0.4 is 0 Å². The van der Waals surface area contributed by atoms with E-state index in [1.165, 1.54) is 24.3 Å². The first kappa shape index (κ1) is 10.6. The summed E-state index contributed by atoms with van der Waals surface area (Å²) in [5.74, 6) is -0.0886. The molecule has 0 aromatic heterocycles. The monoisotopic (exact) mass is 228 g/mol. The zero-order valence-electron chi connectivity index (χ0n) is 8.00. The predicted octanol–water partition coefficient (Wildman–Crippen LogP) is 2.41. The van der Waals surface area contributed by atoms with Gasteiger partial charge in [-0.3, -0.25) is 4.79 Å². The molecule has 80 valence electrons. The van der Waals surface area contributed by atoms with Crippen LogP contribution in [-0.4, -0.2) is 23.9 Å². The lowest BCUT2D eigenvalue weighted by molar-refractivity contribution is 0.0952. The number of rotatable bonds is 4. The number of epoxide rings is 1. The molecule has 0 saturated carbocycles. The number of alkyl halides is 1. The predicted molar refractivity (Wildman–Crippen MR) is 54.8 cm³/mol. The van der Waals surface area contributed by atoms with Crippen molar-refractivity contribution in [3.8, 4) is 0 Å². The molecule has 0 aliphatic carbocycles. The molecule has 2 nitrogen and oxygen atoms in total. The van der Waals surface area contributed by atoms with Crippen LogP contribution in [0.3, 0.4) is 0 Å². The second kappa shape index (κ2) is 3.91. The van der Waals surface area contributed by atoms with Crippen molar-refractivity contribution in [1.29, 1.82) is 0 Å². The van der Waals surface area contributed by atoms with E-state index in [0.717, 1.165) is 0 Å². The number of halogens is 2. The largest absolute Gasteiger partial charge is 0.368 e. The van der Waals surface area contributed by atoms with Gasteiger partial charge in [0.25, 0.3) is 0 Å². The van der Waals surface area contributed by atoms with Crippen LogP contribution in [0.15, 0.2) is 24.3 Å². The van der Waals surface area contributed by atoms with Crippen LogP contribution in [0.4, 0.5) is 4.39 Å². The summed E-state index contributed by atoms with van der Waals surface area (Å²) < 4.78 is 17.7. The molecule has 1 aliphatic rings. The molecule has 0 bridgehead atoms. The van der Waals surface area contributed by atoms with Crippen molar-refractivity contribution in [2.45, 2.75) is 12.0 Å². The highest BCUT2D eigenvalue weighted by Gasteiger charge is 2.45. The minimum Gasteiger partial charge on any atom is -0.368 e. The van der Waals surface area contributed by atoms with E-state index in [2.05, 4.69) is 0 Å². The minimum absolute atomic E-state index is 0.0619. The second-order valence-electron chi connectivity index (χ2n) is 3.71. The fourth-order valence-electron chi connectivity index (χ4n) is 1.36. The van der Waals surface area contributed by atoms with E-state index < -0.39 is 5.60 Å². The van der Waals surface area contributed by atoms with Crippen molar-refractivity contribution in [3.63, 3.8) is 0 Å². The van der Waals surface area contributed by atoms with Crippen LogP contribution in [0, 0.1) is 5.82 Å². The highest BCUT2D eigenvalue weighted by molar-refractivity contribution is 6.19. The van der Waals surface area contributed by atoms with Gasteiger partial charge in [0.2, 0.25) is 0 Å². The van der Waals surface area contributed by atoms with E-state index in [4.69, 9.17) is 16.3 Å². The standard InChI is InChI=1S/C11H10ClFO2/c12-6-11(7-15-11)5-10(14)8-1-3-9(13)4-2-8/h1-4H,5-7H2. The number of benzene rings is 1. The van der Waals surface area contributed by atoms with E-state index in [1.807, 2.05) is 0 Å². The summed E-state index contributed by atoms with van der Waals surface area (Å²) in [4.78, 5) is 11.7. The Morgan fingerprint density at radius 3 is 2.53 bits per heavy atom. The molecule has 1 fully saturated rings. The molecule has 2 rings (SSSR count). The summed E-state index contributed by atoms with van der Waals surface area (Å²) >= 11 is 5.68. The van der Waals surface area contributed by atoms with Gasteiger partial charge in [-0.1, -0.05) is 0 Å². The lowest BCUT2D eigenvalue weighted by atomic mass is 10.0. The maximum absolute atomic E-state index is 12.6. The Bertz CT molecular complexity index is 371. The van der Waals surface area contributed by atoms with E-state index in [1.54, 1.807) is 0 Å². The zero-order valence-corrected chi connectivity index (χ0v) is 8.76. The molecule has 1 aromatic rings. The molecule has 15 heavy (non-hydrogen) atoms. The van der Waals surface area contributed by atoms with Crippen molar-refractivity contribution in [2.24, 2.45) is 0 Å². The van der Waals surface area contributed by atoms with E-state index in [0.29, 0.717) is 18.1 Å². The van der Waals surface area contributed by atoms with Crippen LogP contribution in [-0.2, 0) is 4.74 Å². The third-order valence-corrected chi connectivity index (χ3v) is 2.93. The highest BCUT2D eigenvalue weighted by Crippen LogP contribution is 2.33. The van der Waals surface area contributed by atoms with Crippen LogP contribution in [0.2, 0.25) is 0 Å². The number of carbonyl (C=O) groups is 1. The van der Waals surface area contributed by atoms with Crippen molar-refractivity contribution < 1.29 is 13.9 Å². The lowest BCUT2D eigenvalue weighted by Gasteiger charge is -2.06. The van der Waals surface area contributed by atoms with E-state index >= 15 is 0 Å². The van der Waals surface area contributed by atoms with Gasteiger partial charge in [0.15, 0.2) is 5.78 Å². The van der Waals surface area contributed by atoms with Gasteiger partial charge < -0.3 is 4.74 Å². The molecule has 1 atom stereocenters. The summed E-state index contributed by atoms with van der Waals surface area (Å²) in [6.07, 6.45) is 0.266. The van der Waals surface area contributed by atoms with Gasteiger partial charge in [0.1, 0.15) is 11.4 Å². The van der Waals surface area contributed by atoms with Crippen molar-refractivity contribution in [2.75, 3.05) is 12.5 Å². The quantitative estimate of drug-likeness (QED) is 0.450. The summed E-state index contributed by atoms with van der Waals surface area (Å²) in [5.41, 5.74) is 0.0314. The number of ketones is 1. The molecule has 0 radical (unpaired) electrons. The molecule has 4 heteroatoms. The van der Waals surface area contributed by atoms with E-state index in [9.17, 15) is 9.18 Å². The lowest BCUT2D eigenvalue weighted by Crippen LogP contribution is -2.19. The molecule has 1 saturated heterocycles. The first-order valence-electron chi connectivity index (χ1n) is 4.64. The average Bonchev–Trinajstić information content (AvgIpc) is 2.99. The summed E-state index contributed by atoms with van der Waals surface area (Å²) in [6, 6.07) is 5.49. The molecule has 1 aliphatic heterocycles. The van der Waals surface area contributed by atoms with Gasteiger partial charge in [-0.15, -0.1) is 11.6 Å². The molecular formula is C11H10ClFO2. The number of hydrogen-bond acceptors (Lipinski definition) is 2. The smallest absolute Gasteiger partial charge is 0.165 e. The fraction of sp³-hybridized carbons (Fsp3) is 0.364. The number of carbonyl (C=O) groups excluding carboxylic acids is 1. The molecule has 1 heterocycles. The van der Waals surface area contributed by atoms with Gasteiger partial charge in [0.05, 0.1) is 12.5 Å². The molecule has 1 aromatic carbocycles. The summed E-state index contributed by atoms with van der Waals surface area (Å²) in [6.45, 7) is 0.531. The Morgan fingerprint density at radius 2 is 2.07 bits per heavy atom. The number of Topliss-reactive ketones (excluding diaryl/α,β-unsaturated/α-hetero) is 1. The molecular weight excluding hydrogens is 219 g/mol. The maximum Gasteiger partial charge on any atom is 0.165 e. The molecule has 0 N–H and O–H groups in total. The van der Waals surface area contributed by atoms with Crippen molar-refractivity contribution in [3.05, 3.63) is 35.6 Å². The Labute approximate surface area is 92.0 Å². The molecule has 0 amide bonds. The van der Waals surface area contributed by atoms with Gasteiger partial charge >= 0.3 is 0 Å². The fourth-order valence-corrected chi connectivity index (χ4v) is 1.61. The van der Waals surface area contributed by atoms with Crippen molar-refractivity contribution in [1.82, 2.24) is 0 Å². The third kappa shape index (κ3) is 2.36. The average molecular weight is 229 g/mol. The highest BCUT2D eigenvalue weighted by atomic mass is 35.5. The zero-order chi connectivity index (χ0) is 10.9. The van der Waals surface area contributed by atoms with Crippen molar-refractivity contribution >= 4 is 17.4 Å². The SMILES string of the molecule is O=C(CC1(CCl)CO1)c1ccc(F)cc1. The van der Waals surface area contributed by atoms with Gasteiger partial charge in [-0.05, 0) is 24.3 Å². The number of hydrogen-bond donors (Lipinski definition) is 0. The normalized spacial score (nSPS) is 23.9. The van der Waals surface area contributed by atoms with Gasteiger partial charge in [-0.25, -0.2) is 4.39 Å². The van der Waals surface area contributed by atoms with Gasteiger partial charge in [-0.2, -0.15) is 0 Å². The number of ether oxygens (including phenoxy) is 1. The Kier molecular flexibility index (Phi) is 2.76. The Balaban J connectivity index is 2.05. The van der Waals surface area contributed by atoms with Gasteiger partial charge in [0, 0.05) is 12.0 Å². The summed E-state index contributed by atoms with van der Waals surface area (Å²) in [5, 5.41) is 0. The second-order valence-corrected chi connectivity index (χ2v) is 3.98. The van der Waals surface area contributed by atoms with E-state index in [-0.39, 0.29) is 18.0 Å². The summed E-state index contributed by atoms with van der Waals surface area (Å²) in [7, 11) is 0. The first-order valence-corrected chi connectivity index (χ1v) is 5.17. The molecule has 0 spiro atoms. The van der Waals surface area contributed by atoms with Crippen LogP contribution in [0.1, 0.15) is 16.8 Å². The molecule has 1 unspecified atom stereocenters. The van der Waals surface area contributed by atoms with Crippen LogP contribution in [0.5, 0.6) is 0 Å². The third-order valence-electron chi connectivity index (χ3n) is 2.45. The Hall–Kier alpha value is -0.930. The maximum atomic E-state index is 12.6. The Morgan fingerprint density at radius 1 is 1.47 bits per heavy atom. The van der Waals surface area contributed by atoms with Crippen LogP contribution >= 0.6 is 11.6 Å².